The van der Waals surface area contributed by atoms with E-state index in [-0.39, 0.29) is 12.1 Å². The van der Waals surface area contributed by atoms with Crippen LogP contribution in [0, 0.1) is 5.92 Å². The normalized spacial score (nSPS) is 26.7. The summed E-state index contributed by atoms with van der Waals surface area (Å²) < 4.78 is 7.62. The molecular weight excluding hydrogens is 234 g/mol. The van der Waals surface area contributed by atoms with Crippen LogP contribution in [0.5, 0.6) is 0 Å². The minimum atomic E-state index is 0.150. The summed E-state index contributed by atoms with van der Waals surface area (Å²) in [4.78, 5) is 5.61. The van der Waals surface area contributed by atoms with E-state index in [0.717, 1.165) is 30.1 Å². The maximum Gasteiger partial charge on any atom is 0.193 e. The third-order valence-electron chi connectivity index (χ3n) is 3.57. The second-order valence-corrected chi connectivity index (χ2v) is 5.59. The van der Waals surface area contributed by atoms with Gasteiger partial charge in [-0.2, -0.15) is 0 Å². The smallest absolute Gasteiger partial charge is 0.193 e. The molecule has 1 aliphatic rings. The lowest BCUT2D eigenvalue weighted by Gasteiger charge is -2.20. The number of ether oxygens (including phenoxy) is 1. The molecule has 1 aliphatic heterocycles. The molecule has 0 saturated carbocycles. The summed E-state index contributed by atoms with van der Waals surface area (Å²) in [7, 11) is 0. The average Bonchev–Trinajstić information content (AvgIpc) is 2.92. The maximum atomic E-state index is 6.27. The Kier molecular flexibility index (Phi) is 2.90. The maximum absolute atomic E-state index is 6.27. The highest BCUT2D eigenvalue weighted by atomic mass is 32.1. The molecule has 17 heavy (non-hydrogen) atoms. The number of rotatable bonds is 3. The van der Waals surface area contributed by atoms with Crippen LogP contribution in [-0.4, -0.2) is 28.1 Å². The molecule has 0 aromatic carbocycles. The van der Waals surface area contributed by atoms with Crippen molar-refractivity contribution in [2.24, 2.45) is 11.7 Å². The number of fused-ring (bicyclic) bond motifs is 1. The molecule has 1 fully saturated rings. The summed E-state index contributed by atoms with van der Waals surface area (Å²) in [6, 6.07) is 0.150. The second-order valence-electron chi connectivity index (χ2n) is 4.72. The van der Waals surface area contributed by atoms with E-state index in [1.807, 2.05) is 11.6 Å². The SMILES string of the molecule is CC1OCCC1C(N)Cc1cn2ccsc2n1. The van der Waals surface area contributed by atoms with Gasteiger partial charge >= 0.3 is 0 Å². The van der Waals surface area contributed by atoms with Crippen LogP contribution in [0.25, 0.3) is 4.96 Å². The first-order valence-electron chi connectivity index (χ1n) is 6.02. The standard InChI is InChI=1S/C12H17N3OS/c1-8-10(2-4-16-8)11(13)6-9-7-15-3-5-17-12(15)14-9/h3,5,7-8,10-11H,2,4,6,13H2,1H3. The van der Waals surface area contributed by atoms with Crippen molar-refractivity contribution in [3.8, 4) is 0 Å². The summed E-state index contributed by atoms with van der Waals surface area (Å²) in [5.74, 6) is 0.467. The third-order valence-corrected chi connectivity index (χ3v) is 4.34. The van der Waals surface area contributed by atoms with Crippen molar-refractivity contribution in [1.29, 1.82) is 0 Å². The molecule has 92 valence electrons. The molecule has 0 bridgehead atoms. The molecule has 1 saturated heterocycles. The topological polar surface area (TPSA) is 52.5 Å². The van der Waals surface area contributed by atoms with Gasteiger partial charge in [-0.05, 0) is 13.3 Å². The first-order valence-corrected chi connectivity index (χ1v) is 6.90. The molecule has 2 N–H and O–H groups in total. The van der Waals surface area contributed by atoms with Crippen LogP contribution in [0.3, 0.4) is 0 Å². The van der Waals surface area contributed by atoms with Gasteiger partial charge in [0.2, 0.25) is 0 Å². The van der Waals surface area contributed by atoms with Crippen molar-refractivity contribution < 1.29 is 4.74 Å². The van der Waals surface area contributed by atoms with Gasteiger partial charge in [0, 0.05) is 42.8 Å². The Morgan fingerprint density at radius 3 is 3.29 bits per heavy atom. The molecule has 0 radical (unpaired) electrons. The minimum absolute atomic E-state index is 0.150. The Balaban J connectivity index is 1.72. The molecule has 5 heteroatoms. The number of nitrogens with two attached hydrogens (primary N) is 1. The van der Waals surface area contributed by atoms with E-state index in [1.165, 1.54) is 0 Å². The Labute approximate surface area is 104 Å². The molecule has 3 rings (SSSR count). The van der Waals surface area contributed by atoms with Gasteiger partial charge in [0.1, 0.15) is 0 Å². The monoisotopic (exact) mass is 251 g/mol. The summed E-state index contributed by atoms with van der Waals surface area (Å²) in [6.07, 6.45) is 6.31. The average molecular weight is 251 g/mol. The fourth-order valence-electron chi connectivity index (χ4n) is 2.58. The predicted molar refractivity (Wildman–Crippen MR) is 68.3 cm³/mol. The van der Waals surface area contributed by atoms with Crippen molar-refractivity contribution in [3.05, 3.63) is 23.5 Å². The van der Waals surface area contributed by atoms with E-state index < -0.39 is 0 Å². The third kappa shape index (κ3) is 2.10. The molecule has 0 spiro atoms. The van der Waals surface area contributed by atoms with E-state index >= 15 is 0 Å². The van der Waals surface area contributed by atoms with Gasteiger partial charge in [-0.25, -0.2) is 4.98 Å². The van der Waals surface area contributed by atoms with Crippen LogP contribution in [0.4, 0.5) is 0 Å². The van der Waals surface area contributed by atoms with Crippen LogP contribution >= 0.6 is 11.3 Å². The highest BCUT2D eigenvalue weighted by Gasteiger charge is 2.30. The van der Waals surface area contributed by atoms with E-state index in [9.17, 15) is 0 Å². The van der Waals surface area contributed by atoms with Crippen LogP contribution in [-0.2, 0) is 11.2 Å². The fraction of sp³-hybridized carbons (Fsp3) is 0.583. The van der Waals surface area contributed by atoms with E-state index in [0.29, 0.717) is 5.92 Å². The van der Waals surface area contributed by atoms with Crippen molar-refractivity contribution in [1.82, 2.24) is 9.38 Å². The Hall–Kier alpha value is -0.910. The Morgan fingerprint density at radius 2 is 2.59 bits per heavy atom. The van der Waals surface area contributed by atoms with Crippen molar-refractivity contribution in [3.63, 3.8) is 0 Å². The van der Waals surface area contributed by atoms with Gasteiger partial charge in [-0.3, -0.25) is 4.40 Å². The lowest BCUT2D eigenvalue weighted by atomic mass is 9.91. The number of aromatic nitrogens is 2. The predicted octanol–water partition coefficient (Wildman–Crippen LogP) is 1.69. The summed E-state index contributed by atoms with van der Waals surface area (Å²) in [5.41, 5.74) is 7.35. The molecular formula is C12H17N3OS. The lowest BCUT2D eigenvalue weighted by molar-refractivity contribution is 0.0994. The van der Waals surface area contributed by atoms with E-state index in [1.54, 1.807) is 11.3 Å². The van der Waals surface area contributed by atoms with Crippen LogP contribution in [0.15, 0.2) is 17.8 Å². The van der Waals surface area contributed by atoms with Crippen molar-refractivity contribution >= 4 is 16.3 Å². The largest absolute Gasteiger partial charge is 0.378 e. The first-order chi connectivity index (χ1) is 8.24. The van der Waals surface area contributed by atoms with Crippen LogP contribution in [0.1, 0.15) is 19.0 Å². The zero-order valence-corrected chi connectivity index (χ0v) is 10.7. The number of hydrogen-bond donors (Lipinski definition) is 1. The Bertz CT molecular complexity index is 478. The lowest BCUT2D eigenvalue weighted by Crippen LogP contribution is -2.36. The molecule has 4 nitrogen and oxygen atoms in total. The molecule has 3 atom stereocenters. The van der Waals surface area contributed by atoms with E-state index in [2.05, 4.69) is 22.5 Å². The minimum Gasteiger partial charge on any atom is -0.378 e. The van der Waals surface area contributed by atoms with Gasteiger partial charge in [0.15, 0.2) is 4.96 Å². The molecule has 2 aromatic heterocycles. The zero-order chi connectivity index (χ0) is 11.8. The van der Waals surface area contributed by atoms with E-state index in [4.69, 9.17) is 10.5 Å². The quantitative estimate of drug-likeness (QED) is 0.903. The van der Waals surface area contributed by atoms with Crippen LogP contribution < -0.4 is 5.73 Å². The summed E-state index contributed by atoms with van der Waals surface area (Å²) in [6.45, 7) is 2.96. The molecule has 3 heterocycles. The summed E-state index contributed by atoms with van der Waals surface area (Å²) >= 11 is 1.65. The van der Waals surface area contributed by atoms with Gasteiger partial charge in [-0.1, -0.05) is 0 Å². The van der Waals surface area contributed by atoms with Crippen molar-refractivity contribution in [2.75, 3.05) is 6.61 Å². The zero-order valence-electron chi connectivity index (χ0n) is 9.87. The molecule has 3 unspecified atom stereocenters. The number of nitrogens with zero attached hydrogens (tertiary/aromatic N) is 2. The molecule has 2 aromatic rings. The van der Waals surface area contributed by atoms with Crippen LogP contribution in [0.2, 0.25) is 0 Å². The number of hydrogen-bond acceptors (Lipinski definition) is 4. The fourth-order valence-corrected chi connectivity index (χ4v) is 3.30. The Morgan fingerprint density at radius 1 is 1.71 bits per heavy atom. The van der Waals surface area contributed by atoms with Gasteiger partial charge in [0.25, 0.3) is 0 Å². The number of thiazole rings is 1. The molecule has 0 aliphatic carbocycles. The molecule has 0 amide bonds. The number of imidazole rings is 1. The first kappa shape index (κ1) is 11.2. The highest BCUT2D eigenvalue weighted by Crippen LogP contribution is 2.25. The van der Waals surface area contributed by atoms with Gasteiger partial charge in [0.05, 0.1) is 11.8 Å². The second kappa shape index (κ2) is 4.40. The summed E-state index contributed by atoms with van der Waals surface area (Å²) in [5, 5.41) is 2.04. The highest BCUT2D eigenvalue weighted by molar-refractivity contribution is 7.15. The van der Waals surface area contributed by atoms with Gasteiger partial charge < -0.3 is 10.5 Å². The van der Waals surface area contributed by atoms with Crippen molar-refractivity contribution in [2.45, 2.75) is 31.9 Å². The van der Waals surface area contributed by atoms with Gasteiger partial charge in [-0.15, -0.1) is 11.3 Å².